The van der Waals surface area contributed by atoms with Gasteiger partial charge in [0.25, 0.3) is 5.91 Å². The van der Waals surface area contributed by atoms with E-state index in [2.05, 4.69) is 4.74 Å². The molecule has 0 saturated carbocycles. The summed E-state index contributed by atoms with van der Waals surface area (Å²) < 4.78 is 69.5. The summed E-state index contributed by atoms with van der Waals surface area (Å²) in [6, 6.07) is 3.77. The number of hydrogen-bond donors (Lipinski definition) is 2. The number of aromatic nitrogens is 1. The monoisotopic (exact) mass is 449 g/mol. The Morgan fingerprint density at radius 2 is 1.93 bits per heavy atom. The van der Waals surface area contributed by atoms with E-state index in [1.54, 1.807) is 0 Å². The van der Waals surface area contributed by atoms with Crippen LogP contribution >= 0.6 is 11.3 Å². The van der Waals surface area contributed by atoms with E-state index in [0.717, 1.165) is 28.8 Å². The van der Waals surface area contributed by atoms with E-state index < -0.39 is 47.5 Å². The molecule has 0 radical (unpaired) electrons. The number of phenolic OH excluding ortho intramolecular Hbond substituents is 1. The average molecular weight is 449 g/mol. The lowest BCUT2D eigenvalue weighted by atomic mass is 10.1. The first-order valence-corrected chi connectivity index (χ1v) is 8.97. The lowest BCUT2D eigenvalue weighted by molar-refractivity contribution is -0.251. The molecule has 2 aromatic heterocycles. The zero-order chi connectivity index (χ0) is 22.4. The number of aliphatic carboxylic acids is 1. The normalized spacial score (nSPS) is 12.0. The molecule has 0 spiro atoms. The Morgan fingerprint density at radius 1 is 1.27 bits per heavy atom. The van der Waals surface area contributed by atoms with E-state index in [1.807, 2.05) is 0 Å². The van der Waals surface area contributed by atoms with Crippen LogP contribution in [-0.4, -0.2) is 39.2 Å². The largest absolute Gasteiger partial charge is 0.505 e. The second kappa shape index (κ2) is 7.59. The third kappa shape index (κ3) is 3.82. The number of phenols is 1. The van der Waals surface area contributed by atoms with Crippen molar-refractivity contribution in [2.45, 2.75) is 25.9 Å². The Labute approximate surface area is 168 Å². The number of halogens is 5. The summed E-state index contributed by atoms with van der Waals surface area (Å²) >= 11 is 0.362. The lowest BCUT2D eigenvalue weighted by Crippen LogP contribution is -2.33. The van der Waals surface area contributed by atoms with Crippen molar-refractivity contribution in [3.8, 4) is 10.8 Å². The molecular weight excluding hydrogens is 437 g/mol. The van der Waals surface area contributed by atoms with Crippen molar-refractivity contribution in [1.29, 1.82) is 0 Å². The Morgan fingerprint density at radius 3 is 2.53 bits per heavy atom. The number of benzene rings is 1. The summed E-state index contributed by atoms with van der Waals surface area (Å²) in [5, 5.41) is 18.2. The molecule has 2 heterocycles. The Bertz CT molecular complexity index is 1150. The third-order valence-electron chi connectivity index (χ3n) is 4.22. The number of thiophene rings is 1. The van der Waals surface area contributed by atoms with E-state index in [4.69, 9.17) is 5.11 Å². The Hall–Kier alpha value is -3.15. The van der Waals surface area contributed by atoms with Crippen LogP contribution in [0.5, 0.6) is 10.8 Å². The fraction of sp³-hybridized carbons (Fsp3) is 0.222. The molecule has 0 aliphatic heterocycles. The van der Waals surface area contributed by atoms with Crippen LogP contribution in [0.1, 0.15) is 20.9 Å². The van der Waals surface area contributed by atoms with Crippen LogP contribution in [-0.2, 0) is 11.2 Å². The number of carboxylic acid groups (broad SMARTS) is 1. The molecule has 12 heteroatoms. The van der Waals surface area contributed by atoms with Crippen molar-refractivity contribution in [2.75, 3.05) is 0 Å². The number of ether oxygens (including phenoxy) is 1. The molecule has 2 N–H and O–H groups in total. The number of alkyl halides is 4. The molecule has 0 aliphatic rings. The van der Waals surface area contributed by atoms with Crippen LogP contribution < -0.4 is 4.74 Å². The summed E-state index contributed by atoms with van der Waals surface area (Å²) in [6.07, 6.45) is -9.37. The molecular formula is C18H12F5NO5S. The maximum absolute atomic E-state index is 13.9. The van der Waals surface area contributed by atoms with E-state index in [0.29, 0.717) is 11.3 Å². The van der Waals surface area contributed by atoms with Crippen molar-refractivity contribution in [2.24, 2.45) is 0 Å². The highest BCUT2D eigenvalue weighted by Crippen LogP contribution is 2.35. The van der Waals surface area contributed by atoms with Gasteiger partial charge in [0.15, 0.2) is 16.6 Å². The maximum Gasteiger partial charge on any atom is 0.461 e. The highest BCUT2D eigenvalue weighted by Gasteiger charge is 2.44. The highest BCUT2D eigenvalue weighted by atomic mass is 32.1. The molecule has 0 amide bonds. The summed E-state index contributed by atoms with van der Waals surface area (Å²) in [4.78, 5) is 23.9. The van der Waals surface area contributed by atoms with Crippen molar-refractivity contribution in [1.82, 2.24) is 4.57 Å². The fourth-order valence-corrected chi connectivity index (χ4v) is 3.72. The lowest BCUT2D eigenvalue weighted by Gasteiger charge is -2.14. The zero-order valence-electron chi connectivity index (χ0n) is 15.0. The van der Waals surface area contributed by atoms with Crippen molar-refractivity contribution in [3.63, 3.8) is 0 Å². The first-order valence-electron chi connectivity index (χ1n) is 8.16. The number of aromatic hydroxyl groups is 1. The number of carboxylic acids is 1. The minimum Gasteiger partial charge on any atom is -0.505 e. The molecule has 1 aromatic carbocycles. The van der Waals surface area contributed by atoms with Gasteiger partial charge in [-0.15, -0.1) is 0 Å². The second-order valence-corrected chi connectivity index (χ2v) is 7.23. The van der Waals surface area contributed by atoms with Gasteiger partial charge in [-0.25, -0.2) is 4.39 Å². The Balaban J connectivity index is 2.09. The van der Waals surface area contributed by atoms with Gasteiger partial charge in [-0.1, -0.05) is 11.3 Å². The molecule has 0 unspecified atom stereocenters. The van der Waals surface area contributed by atoms with E-state index >= 15 is 0 Å². The first-order chi connectivity index (χ1) is 13.9. The van der Waals surface area contributed by atoms with Gasteiger partial charge < -0.3 is 14.9 Å². The number of nitrogens with zero attached hydrogens (tertiary/aromatic N) is 1. The molecule has 30 heavy (non-hydrogen) atoms. The molecule has 0 aliphatic carbocycles. The molecule has 0 atom stereocenters. The standard InChI is InChI=1S/C18H12F5NO5S/c1-7-8(5-14(26)27)9-4-12(25)10(19)6-11(9)24(7)16(28)13-2-3-15(30-13)29-18(22,23)17(20)21/h2-4,6,17,25H,5H2,1H3,(H,26,27). The van der Waals surface area contributed by atoms with E-state index in [9.17, 15) is 36.6 Å². The first kappa shape index (κ1) is 21.6. The molecule has 3 rings (SSSR count). The number of rotatable bonds is 6. The SMILES string of the molecule is Cc1c(CC(=O)O)c2cc(O)c(F)cc2n1C(=O)c1ccc(OC(F)(F)C(F)F)s1. The van der Waals surface area contributed by atoms with Gasteiger partial charge in [0.1, 0.15) is 0 Å². The van der Waals surface area contributed by atoms with Gasteiger partial charge in [0, 0.05) is 17.1 Å². The third-order valence-corrected chi connectivity index (χ3v) is 5.17. The van der Waals surface area contributed by atoms with Crippen LogP contribution in [0.2, 0.25) is 0 Å². The minimum atomic E-state index is -4.75. The summed E-state index contributed by atoms with van der Waals surface area (Å²) in [7, 11) is 0. The fourth-order valence-electron chi connectivity index (χ4n) is 2.90. The quantitative estimate of drug-likeness (QED) is 0.545. The summed E-state index contributed by atoms with van der Waals surface area (Å²) in [5.74, 6) is -3.91. The number of fused-ring (bicyclic) bond motifs is 1. The summed E-state index contributed by atoms with van der Waals surface area (Å²) in [5.41, 5.74) is 0.201. The predicted molar refractivity (Wildman–Crippen MR) is 95.3 cm³/mol. The molecule has 0 fully saturated rings. The minimum absolute atomic E-state index is 0.0576. The summed E-state index contributed by atoms with van der Waals surface area (Å²) in [6.45, 7) is 1.39. The molecule has 160 valence electrons. The van der Waals surface area contributed by atoms with Gasteiger partial charge in [-0.2, -0.15) is 17.6 Å². The molecule has 3 aromatic rings. The Kier molecular flexibility index (Phi) is 5.46. The second-order valence-electron chi connectivity index (χ2n) is 6.18. The highest BCUT2D eigenvalue weighted by molar-refractivity contribution is 7.15. The molecule has 0 saturated heterocycles. The van der Waals surface area contributed by atoms with Gasteiger partial charge in [-0.05, 0) is 30.7 Å². The van der Waals surface area contributed by atoms with Crippen LogP contribution in [0.3, 0.4) is 0 Å². The smallest absolute Gasteiger partial charge is 0.461 e. The maximum atomic E-state index is 13.9. The zero-order valence-corrected chi connectivity index (χ0v) is 15.8. The van der Waals surface area contributed by atoms with Crippen molar-refractivity contribution >= 4 is 34.1 Å². The molecule has 6 nitrogen and oxygen atoms in total. The van der Waals surface area contributed by atoms with Crippen LogP contribution in [0, 0.1) is 12.7 Å². The predicted octanol–water partition coefficient (Wildman–Crippen LogP) is 4.41. The number of hydrogen-bond acceptors (Lipinski definition) is 5. The number of carbonyl (C=O) groups is 2. The van der Waals surface area contributed by atoms with Gasteiger partial charge in [0.05, 0.1) is 16.8 Å². The molecule has 0 bridgehead atoms. The van der Waals surface area contributed by atoms with Crippen molar-refractivity contribution in [3.05, 3.63) is 46.2 Å². The van der Waals surface area contributed by atoms with Crippen LogP contribution in [0.25, 0.3) is 10.9 Å². The van der Waals surface area contributed by atoms with E-state index in [1.165, 1.54) is 6.92 Å². The van der Waals surface area contributed by atoms with Crippen LogP contribution in [0.15, 0.2) is 24.3 Å². The average Bonchev–Trinajstić information content (AvgIpc) is 3.18. The van der Waals surface area contributed by atoms with Gasteiger partial charge in [-0.3, -0.25) is 14.2 Å². The van der Waals surface area contributed by atoms with E-state index in [-0.39, 0.29) is 27.0 Å². The van der Waals surface area contributed by atoms with Crippen LogP contribution in [0.4, 0.5) is 22.0 Å². The van der Waals surface area contributed by atoms with Crippen molar-refractivity contribution < 1.29 is 46.5 Å². The van der Waals surface area contributed by atoms with Gasteiger partial charge in [0.2, 0.25) is 0 Å². The number of carbonyl (C=O) groups excluding carboxylic acids is 1. The topological polar surface area (TPSA) is 88.8 Å². The van der Waals surface area contributed by atoms with Gasteiger partial charge >= 0.3 is 18.5 Å².